The van der Waals surface area contributed by atoms with Crippen molar-refractivity contribution in [2.24, 2.45) is 0 Å². The second-order valence-electron chi connectivity index (χ2n) is 10.7. The van der Waals surface area contributed by atoms with Crippen LogP contribution in [-0.4, -0.2) is 63.6 Å². The zero-order valence-electron chi connectivity index (χ0n) is 19.3. The molecule has 166 valence electrons. The van der Waals surface area contributed by atoms with E-state index in [9.17, 15) is 4.79 Å². The summed E-state index contributed by atoms with van der Waals surface area (Å²) in [6.07, 6.45) is 6.06. The summed E-state index contributed by atoms with van der Waals surface area (Å²) in [6.45, 7) is 12.9. The number of hydrogen-bond acceptors (Lipinski definition) is 4. The van der Waals surface area contributed by atoms with Gasteiger partial charge in [0.2, 0.25) is 0 Å². The van der Waals surface area contributed by atoms with Crippen molar-refractivity contribution >= 4 is 5.91 Å². The number of hydrogen-bond donors (Lipinski definition) is 0. The number of amides is 1. The summed E-state index contributed by atoms with van der Waals surface area (Å²) in [7, 11) is 0. The Hall–Kier alpha value is -1.43. The predicted molar refractivity (Wildman–Crippen MR) is 120 cm³/mol. The molecule has 0 spiro atoms. The van der Waals surface area contributed by atoms with Crippen molar-refractivity contribution in [2.75, 3.05) is 19.6 Å². The van der Waals surface area contributed by atoms with Gasteiger partial charge in [0.05, 0.1) is 0 Å². The number of rotatable bonds is 5. The van der Waals surface area contributed by atoms with E-state index in [2.05, 4.69) is 72.9 Å². The first-order valence-corrected chi connectivity index (χ1v) is 11.8. The van der Waals surface area contributed by atoms with Crippen LogP contribution in [0.25, 0.3) is 0 Å². The quantitative estimate of drug-likeness (QED) is 0.724. The van der Waals surface area contributed by atoms with E-state index in [1.807, 2.05) is 0 Å². The minimum atomic E-state index is -0.316. The summed E-state index contributed by atoms with van der Waals surface area (Å²) < 4.78 is 0. The molecule has 1 unspecified atom stereocenters. The van der Waals surface area contributed by atoms with Gasteiger partial charge < -0.3 is 4.90 Å². The van der Waals surface area contributed by atoms with Gasteiger partial charge in [0.25, 0.3) is 5.91 Å². The number of benzene rings is 1. The molecule has 0 aromatic heterocycles. The Labute approximate surface area is 182 Å². The van der Waals surface area contributed by atoms with Gasteiger partial charge in [-0.05, 0) is 65.4 Å². The third kappa shape index (κ3) is 4.58. The summed E-state index contributed by atoms with van der Waals surface area (Å²) in [5.74, 6) is 0.202. The molecule has 3 aliphatic rings. The fraction of sp³-hybridized carbons (Fsp3) is 0.720. The van der Waals surface area contributed by atoms with Crippen LogP contribution in [0.15, 0.2) is 30.3 Å². The highest BCUT2D eigenvalue weighted by molar-refractivity contribution is 5.83. The largest absolute Gasteiger partial charge is 0.337 e. The molecule has 0 bridgehead atoms. The topological polar surface area (TPSA) is 36.0 Å². The Kier molecular flexibility index (Phi) is 6.25. The van der Waals surface area contributed by atoms with E-state index in [0.29, 0.717) is 6.04 Å². The lowest BCUT2D eigenvalue weighted by atomic mass is 9.82. The van der Waals surface area contributed by atoms with Gasteiger partial charge in [-0.25, -0.2) is 0 Å². The van der Waals surface area contributed by atoms with E-state index < -0.39 is 0 Å². The van der Waals surface area contributed by atoms with Crippen LogP contribution in [0.5, 0.6) is 0 Å². The molecule has 5 nitrogen and oxygen atoms in total. The van der Waals surface area contributed by atoms with Gasteiger partial charge in [-0.1, -0.05) is 30.3 Å². The molecule has 3 heterocycles. The van der Waals surface area contributed by atoms with Gasteiger partial charge in [0.15, 0.2) is 6.10 Å². The minimum absolute atomic E-state index is 0.0295. The zero-order chi connectivity index (χ0) is 21.4. The van der Waals surface area contributed by atoms with E-state index in [4.69, 9.17) is 4.84 Å². The Bertz CT molecular complexity index is 709. The average molecular weight is 414 g/mol. The molecule has 1 aromatic carbocycles. The zero-order valence-corrected chi connectivity index (χ0v) is 19.3. The molecule has 3 fully saturated rings. The number of piperidine rings is 2. The summed E-state index contributed by atoms with van der Waals surface area (Å²) in [5.41, 5.74) is 1.31. The monoisotopic (exact) mass is 413 g/mol. The number of hydroxylamine groups is 2. The Balaban J connectivity index is 1.32. The molecule has 30 heavy (non-hydrogen) atoms. The molecule has 0 N–H and O–H groups in total. The summed E-state index contributed by atoms with van der Waals surface area (Å²) >= 11 is 0. The highest BCUT2D eigenvalue weighted by Crippen LogP contribution is 2.40. The van der Waals surface area contributed by atoms with E-state index in [-0.39, 0.29) is 23.1 Å². The summed E-state index contributed by atoms with van der Waals surface area (Å²) in [5, 5.41) is 2.15. The van der Waals surface area contributed by atoms with Gasteiger partial charge in [-0.3, -0.25) is 14.5 Å². The lowest BCUT2D eigenvalue weighted by Gasteiger charge is -2.52. The number of carbonyl (C=O) groups is 1. The molecule has 0 aliphatic carbocycles. The highest BCUT2D eigenvalue weighted by atomic mass is 16.7. The Morgan fingerprint density at radius 2 is 1.57 bits per heavy atom. The summed E-state index contributed by atoms with van der Waals surface area (Å²) in [6, 6.07) is 11.0. The summed E-state index contributed by atoms with van der Waals surface area (Å²) in [4.78, 5) is 24.3. The van der Waals surface area contributed by atoms with Crippen molar-refractivity contribution in [3.63, 3.8) is 0 Å². The number of nitrogens with zero attached hydrogens (tertiary/aromatic N) is 3. The lowest BCUT2D eigenvalue weighted by Crippen LogP contribution is -2.60. The van der Waals surface area contributed by atoms with Gasteiger partial charge in [0, 0.05) is 49.7 Å². The fourth-order valence-electron chi connectivity index (χ4n) is 5.75. The van der Waals surface area contributed by atoms with Gasteiger partial charge in [-0.15, -0.1) is 0 Å². The number of carbonyl (C=O) groups excluding carboxylic acids is 1. The average Bonchev–Trinajstić information content (AvgIpc) is 3.06. The molecule has 5 heteroatoms. The van der Waals surface area contributed by atoms with Gasteiger partial charge in [-0.2, -0.15) is 5.06 Å². The van der Waals surface area contributed by atoms with E-state index in [0.717, 1.165) is 58.3 Å². The van der Waals surface area contributed by atoms with E-state index in [1.165, 1.54) is 12.0 Å². The Morgan fingerprint density at radius 1 is 0.933 bits per heavy atom. The van der Waals surface area contributed by atoms with E-state index >= 15 is 0 Å². The first-order valence-electron chi connectivity index (χ1n) is 11.8. The van der Waals surface area contributed by atoms with E-state index in [1.54, 1.807) is 0 Å². The highest BCUT2D eigenvalue weighted by Gasteiger charge is 2.47. The molecule has 0 radical (unpaired) electrons. The Morgan fingerprint density at radius 3 is 2.20 bits per heavy atom. The maximum atomic E-state index is 13.2. The van der Waals surface area contributed by atoms with Crippen LogP contribution in [0, 0.1) is 0 Å². The molecular formula is C25H39N3O2. The molecule has 3 aliphatic heterocycles. The molecular weight excluding hydrogens is 374 g/mol. The smallest absolute Gasteiger partial charge is 0.254 e. The van der Waals surface area contributed by atoms with Crippen LogP contribution in [-0.2, 0) is 16.2 Å². The first-order chi connectivity index (χ1) is 14.3. The van der Waals surface area contributed by atoms with Gasteiger partial charge >= 0.3 is 0 Å². The van der Waals surface area contributed by atoms with Crippen LogP contribution >= 0.6 is 0 Å². The fourth-order valence-corrected chi connectivity index (χ4v) is 5.75. The standard InChI is InChI=1S/C25H39N3O2/c1-24(2)14-8-15-25(3,4)28(24)30-22-13-18-27(23(22)29)21-11-16-26(17-12-21)19-20-9-6-5-7-10-20/h5-7,9-10,21-22H,8,11-19H2,1-4H3. The van der Waals surface area contributed by atoms with Crippen LogP contribution < -0.4 is 0 Å². The van der Waals surface area contributed by atoms with Crippen LogP contribution in [0.2, 0.25) is 0 Å². The molecule has 0 saturated carbocycles. The molecule has 3 saturated heterocycles. The predicted octanol–water partition coefficient (Wildman–Crippen LogP) is 4.23. The maximum Gasteiger partial charge on any atom is 0.254 e. The SMILES string of the molecule is CC1(C)CCCC(C)(C)N1OC1CCN(C2CCN(Cc3ccccc3)CC2)C1=O. The first kappa shape index (κ1) is 21.8. The normalized spacial score (nSPS) is 28.2. The third-order valence-electron chi connectivity index (χ3n) is 7.35. The van der Waals surface area contributed by atoms with Crippen LogP contribution in [0.3, 0.4) is 0 Å². The van der Waals surface area contributed by atoms with Crippen LogP contribution in [0.1, 0.15) is 71.8 Å². The third-order valence-corrected chi connectivity index (χ3v) is 7.35. The maximum absolute atomic E-state index is 13.2. The molecule has 4 rings (SSSR count). The van der Waals surface area contributed by atoms with Crippen molar-refractivity contribution in [1.29, 1.82) is 0 Å². The van der Waals surface area contributed by atoms with Crippen molar-refractivity contribution in [3.05, 3.63) is 35.9 Å². The van der Waals surface area contributed by atoms with Crippen molar-refractivity contribution in [1.82, 2.24) is 14.9 Å². The minimum Gasteiger partial charge on any atom is -0.337 e. The second kappa shape index (κ2) is 8.60. The lowest BCUT2D eigenvalue weighted by molar-refractivity contribution is -0.297. The van der Waals surface area contributed by atoms with Crippen molar-refractivity contribution < 1.29 is 9.63 Å². The second-order valence-corrected chi connectivity index (χ2v) is 10.7. The van der Waals surface area contributed by atoms with Crippen molar-refractivity contribution in [2.45, 2.75) is 96.0 Å². The van der Waals surface area contributed by atoms with Crippen molar-refractivity contribution in [3.8, 4) is 0 Å². The number of likely N-dealkylation sites (tertiary alicyclic amines) is 2. The molecule has 1 amide bonds. The van der Waals surface area contributed by atoms with Crippen LogP contribution in [0.4, 0.5) is 0 Å². The van der Waals surface area contributed by atoms with Gasteiger partial charge in [0.1, 0.15) is 0 Å². The molecule has 1 atom stereocenters. The molecule has 1 aromatic rings.